The highest BCUT2D eigenvalue weighted by Gasteiger charge is 2.31. The topological polar surface area (TPSA) is 58.6 Å². The van der Waals surface area contributed by atoms with Crippen molar-refractivity contribution in [2.75, 3.05) is 13.2 Å². The van der Waals surface area contributed by atoms with Crippen LogP contribution in [-0.2, 0) is 22.6 Å². The van der Waals surface area contributed by atoms with Crippen molar-refractivity contribution in [1.82, 2.24) is 10.2 Å². The van der Waals surface area contributed by atoms with Crippen LogP contribution in [0.2, 0.25) is 10.0 Å². The standard InChI is InChI=1S/C29H32Cl2N2O3/c1-4-15-32-29(35)26(16-22-10-6-5-7-11-22)33(18-23-13-14-24(30)17-25(23)31)28(34)19-36-27-12-8-9-20(2)21(27)3/h5-14,17,26H,4,15-16,18-19H2,1-3H3,(H,32,35). The molecule has 0 heterocycles. The van der Waals surface area contributed by atoms with Gasteiger partial charge in [-0.1, -0.05) is 78.7 Å². The Balaban J connectivity index is 1.94. The van der Waals surface area contributed by atoms with Gasteiger partial charge in [-0.15, -0.1) is 0 Å². The molecule has 7 heteroatoms. The van der Waals surface area contributed by atoms with E-state index in [9.17, 15) is 9.59 Å². The Labute approximate surface area is 223 Å². The molecule has 0 fully saturated rings. The van der Waals surface area contributed by atoms with Gasteiger partial charge < -0.3 is 15.0 Å². The van der Waals surface area contributed by atoms with Gasteiger partial charge in [0, 0.05) is 29.6 Å². The van der Waals surface area contributed by atoms with Crippen molar-refractivity contribution in [2.24, 2.45) is 0 Å². The fraction of sp³-hybridized carbons (Fsp3) is 0.310. The molecular weight excluding hydrogens is 495 g/mol. The molecule has 0 aliphatic heterocycles. The van der Waals surface area contributed by atoms with Crippen LogP contribution < -0.4 is 10.1 Å². The van der Waals surface area contributed by atoms with Gasteiger partial charge in [-0.3, -0.25) is 9.59 Å². The molecule has 1 unspecified atom stereocenters. The third-order valence-electron chi connectivity index (χ3n) is 6.08. The molecule has 0 aliphatic rings. The lowest BCUT2D eigenvalue weighted by Crippen LogP contribution is -2.51. The molecule has 0 aromatic heterocycles. The van der Waals surface area contributed by atoms with Crippen molar-refractivity contribution in [2.45, 2.75) is 46.2 Å². The van der Waals surface area contributed by atoms with E-state index in [0.29, 0.717) is 34.3 Å². The van der Waals surface area contributed by atoms with Gasteiger partial charge in [-0.2, -0.15) is 0 Å². The number of hydrogen-bond acceptors (Lipinski definition) is 3. The molecule has 0 bridgehead atoms. The number of nitrogens with zero attached hydrogens (tertiary/aromatic N) is 1. The van der Waals surface area contributed by atoms with Crippen LogP contribution in [0.15, 0.2) is 66.7 Å². The Morgan fingerprint density at radius 3 is 2.44 bits per heavy atom. The number of rotatable bonds is 11. The smallest absolute Gasteiger partial charge is 0.261 e. The van der Waals surface area contributed by atoms with Crippen LogP contribution in [-0.4, -0.2) is 35.9 Å². The number of carbonyl (C=O) groups excluding carboxylic acids is 2. The minimum Gasteiger partial charge on any atom is -0.483 e. The molecule has 2 amide bonds. The number of aryl methyl sites for hydroxylation is 1. The third kappa shape index (κ3) is 7.49. The maximum Gasteiger partial charge on any atom is 0.261 e. The second-order valence-electron chi connectivity index (χ2n) is 8.74. The van der Waals surface area contributed by atoms with Crippen molar-refractivity contribution < 1.29 is 14.3 Å². The summed E-state index contributed by atoms with van der Waals surface area (Å²) in [5.41, 5.74) is 3.69. The van der Waals surface area contributed by atoms with E-state index < -0.39 is 6.04 Å². The average molecular weight is 527 g/mol. The predicted octanol–water partition coefficient (Wildman–Crippen LogP) is 6.16. The van der Waals surface area contributed by atoms with Crippen LogP contribution in [0.25, 0.3) is 0 Å². The molecule has 1 N–H and O–H groups in total. The van der Waals surface area contributed by atoms with Gasteiger partial charge in [0.05, 0.1) is 0 Å². The summed E-state index contributed by atoms with van der Waals surface area (Å²) in [6.45, 7) is 6.39. The summed E-state index contributed by atoms with van der Waals surface area (Å²) in [5, 5.41) is 3.89. The number of benzene rings is 3. The van der Waals surface area contributed by atoms with Crippen molar-refractivity contribution in [3.05, 3.63) is 99.0 Å². The monoisotopic (exact) mass is 526 g/mol. The minimum atomic E-state index is -0.750. The van der Waals surface area contributed by atoms with Gasteiger partial charge in [0.2, 0.25) is 5.91 Å². The van der Waals surface area contributed by atoms with Crippen molar-refractivity contribution in [3.8, 4) is 5.75 Å². The highest BCUT2D eigenvalue weighted by molar-refractivity contribution is 6.35. The summed E-state index contributed by atoms with van der Waals surface area (Å²) in [6.07, 6.45) is 1.15. The van der Waals surface area contributed by atoms with Gasteiger partial charge in [0.15, 0.2) is 6.61 Å². The highest BCUT2D eigenvalue weighted by Crippen LogP contribution is 2.25. The van der Waals surface area contributed by atoms with E-state index in [4.69, 9.17) is 27.9 Å². The van der Waals surface area contributed by atoms with E-state index in [2.05, 4.69) is 5.32 Å². The molecule has 0 spiro atoms. The quantitative estimate of drug-likeness (QED) is 0.325. The summed E-state index contributed by atoms with van der Waals surface area (Å²) < 4.78 is 5.93. The zero-order chi connectivity index (χ0) is 26.1. The fourth-order valence-electron chi connectivity index (χ4n) is 3.86. The maximum absolute atomic E-state index is 13.7. The first-order chi connectivity index (χ1) is 17.3. The number of carbonyl (C=O) groups is 2. The molecule has 3 aromatic rings. The fourth-order valence-corrected chi connectivity index (χ4v) is 4.32. The number of nitrogens with one attached hydrogen (secondary N) is 1. The predicted molar refractivity (Wildman–Crippen MR) is 146 cm³/mol. The van der Waals surface area contributed by atoms with E-state index in [1.54, 1.807) is 23.1 Å². The molecule has 0 aliphatic carbocycles. The molecule has 0 saturated heterocycles. The number of amides is 2. The van der Waals surface area contributed by atoms with Crippen molar-refractivity contribution in [3.63, 3.8) is 0 Å². The lowest BCUT2D eigenvalue weighted by Gasteiger charge is -2.32. The summed E-state index contributed by atoms with van der Waals surface area (Å²) in [4.78, 5) is 28.6. The van der Waals surface area contributed by atoms with Crippen LogP contribution in [0.5, 0.6) is 5.75 Å². The molecule has 190 valence electrons. The SMILES string of the molecule is CCCNC(=O)C(Cc1ccccc1)N(Cc1ccc(Cl)cc1Cl)C(=O)COc1cccc(C)c1C. The normalized spacial score (nSPS) is 11.6. The van der Waals surface area contributed by atoms with Crippen LogP contribution in [0.1, 0.15) is 35.6 Å². The first-order valence-electron chi connectivity index (χ1n) is 12.0. The molecule has 3 rings (SSSR count). The molecule has 5 nitrogen and oxygen atoms in total. The Morgan fingerprint density at radius 2 is 1.75 bits per heavy atom. The second-order valence-corrected chi connectivity index (χ2v) is 9.58. The first kappa shape index (κ1) is 27.6. The molecule has 0 radical (unpaired) electrons. The first-order valence-corrected chi connectivity index (χ1v) is 12.8. The highest BCUT2D eigenvalue weighted by atomic mass is 35.5. The summed E-state index contributed by atoms with van der Waals surface area (Å²) in [5.74, 6) is 0.114. The van der Waals surface area contributed by atoms with E-state index in [1.165, 1.54) is 0 Å². The van der Waals surface area contributed by atoms with Gasteiger partial charge in [0.25, 0.3) is 5.91 Å². The number of halogens is 2. The average Bonchev–Trinajstić information content (AvgIpc) is 2.87. The van der Waals surface area contributed by atoms with Gasteiger partial charge in [-0.05, 0) is 60.7 Å². The van der Waals surface area contributed by atoms with Gasteiger partial charge in [-0.25, -0.2) is 0 Å². The molecule has 3 aromatic carbocycles. The van der Waals surface area contributed by atoms with Crippen LogP contribution in [0, 0.1) is 13.8 Å². The van der Waals surface area contributed by atoms with Crippen LogP contribution in [0.3, 0.4) is 0 Å². The van der Waals surface area contributed by atoms with E-state index in [1.807, 2.05) is 69.3 Å². The van der Waals surface area contributed by atoms with Crippen LogP contribution >= 0.6 is 23.2 Å². The zero-order valence-electron chi connectivity index (χ0n) is 20.9. The number of hydrogen-bond donors (Lipinski definition) is 1. The van der Waals surface area contributed by atoms with E-state index in [0.717, 1.165) is 23.1 Å². The molecule has 1 atom stereocenters. The summed E-state index contributed by atoms with van der Waals surface area (Å²) in [7, 11) is 0. The molecule has 0 saturated carbocycles. The Hall–Kier alpha value is -3.02. The third-order valence-corrected chi connectivity index (χ3v) is 6.67. The minimum absolute atomic E-state index is 0.141. The number of ether oxygens (including phenoxy) is 1. The Bertz CT molecular complexity index is 1180. The van der Waals surface area contributed by atoms with Crippen LogP contribution in [0.4, 0.5) is 0 Å². The second kappa shape index (κ2) is 13.3. The van der Waals surface area contributed by atoms with Gasteiger partial charge >= 0.3 is 0 Å². The Kier molecular flexibility index (Phi) is 10.2. The molecular formula is C29H32Cl2N2O3. The lowest BCUT2D eigenvalue weighted by atomic mass is 10.0. The summed E-state index contributed by atoms with van der Waals surface area (Å²) >= 11 is 12.6. The largest absolute Gasteiger partial charge is 0.483 e. The van der Waals surface area contributed by atoms with Crippen molar-refractivity contribution in [1.29, 1.82) is 0 Å². The van der Waals surface area contributed by atoms with E-state index in [-0.39, 0.29) is 25.0 Å². The summed E-state index contributed by atoms with van der Waals surface area (Å²) in [6, 6.07) is 19.8. The Morgan fingerprint density at radius 1 is 1.00 bits per heavy atom. The van der Waals surface area contributed by atoms with Gasteiger partial charge in [0.1, 0.15) is 11.8 Å². The maximum atomic E-state index is 13.7. The van der Waals surface area contributed by atoms with Crippen molar-refractivity contribution >= 4 is 35.0 Å². The van der Waals surface area contributed by atoms with E-state index >= 15 is 0 Å². The zero-order valence-corrected chi connectivity index (χ0v) is 22.4. The lowest BCUT2D eigenvalue weighted by molar-refractivity contribution is -0.142. The molecule has 36 heavy (non-hydrogen) atoms.